The van der Waals surface area contributed by atoms with Gasteiger partial charge in [0.15, 0.2) is 0 Å². The van der Waals surface area contributed by atoms with Crippen LogP contribution in [-0.2, 0) is 23.9 Å². The summed E-state index contributed by atoms with van der Waals surface area (Å²) in [4.78, 5) is 37.4. The molecule has 2 fully saturated rings. The predicted molar refractivity (Wildman–Crippen MR) is 73.3 cm³/mol. The monoisotopic (exact) mass is 298 g/mol. The number of piperazine rings is 1. The summed E-state index contributed by atoms with van der Waals surface area (Å²) >= 11 is 0. The van der Waals surface area contributed by atoms with Crippen LogP contribution in [0.4, 0.5) is 0 Å². The van der Waals surface area contributed by atoms with Crippen LogP contribution >= 0.6 is 0 Å². The maximum atomic E-state index is 12.1. The van der Waals surface area contributed by atoms with Gasteiger partial charge in [0.05, 0.1) is 19.2 Å². The zero-order valence-corrected chi connectivity index (χ0v) is 12.9. The number of hydrogen-bond donors (Lipinski definition) is 1. The van der Waals surface area contributed by atoms with Gasteiger partial charge in [-0.15, -0.1) is 0 Å². The van der Waals surface area contributed by atoms with E-state index in [-0.39, 0.29) is 19.0 Å². The average molecular weight is 298 g/mol. The van der Waals surface area contributed by atoms with Crippen molar-refractivity contribution < 1.29 is 23.9 Å². The van der Waals surface area contributed by atoms with E-state index in [2.05, 4.69) is 5.32 Å². The Hall–Kier alpha value is -1.63. The number of rotatable bonds is 3. The average Bonchev–Trinajstić information content (AvgIpc) is 3.13. The fourth-order valence-electron chi connectivity index (χ4n) is 2.73. The molecule has 1 unspecified atom stereocenters. The molecule has 118 valence electrons. The van der Waals surface area contributed by atoms with Gasteiger partial charge < -0.3 is 14.4 Å². The molecule has 1 spiro atoms. The van der Waals surface area contributed by atoms with Crippen LogP contribution in [0.25, 0.3) is 0 Å². The second-order valence-corrected chi connectivity index (χ2v) is 6.51. The molecule has 1 heterocycles. The van der Waals surface area contributed by atoms with Crippen LogP contribution in [0.5, 0.6) is 0 Å². The molecule has 1 saturated carbocycles. The van der Waals surface area contributed by atoms with Gasteiger partial charge in [0, 0.05) is 0 Å². The fraction of sp³-hybridized carbons (Fsp3) is 0.786. The third kappa shape index (κ3) is 3.18. The molecule has 0 aromatic rings. The Morgan fingerprint density at radius 1 is 1.38 bits per heavy atom. The first-order valence-corrected chi connectivity index (χ1v) is 7.03. The van der Waals surface area contributed by atoms with E-state index in [0.717, 1.165) is 0 Å². The number of nitrogens with zero attached hydrogens (tertiary/aromatic N) is 1. The molecule has 2 aliphatic rings. The Bertz CT molecular complexity index is 464. The van der Waals surface area contributed by atoms with Crippen molar-refractivity contribution in [3.63, 3.8) is 0 Å². The van der Waals surface area contributed by atoms with Crippen LogP contribution in [0, 0.1) is 0 Å². The Labute approximate surface area is 123 Å². The number of ether oxygens (including phenoxy) is 2. The number of methoxy groups -OCH3 is 1. The van der Waals surface area contributed by atoms with Crippen LogP contribution in [0.1, 0.15) is 33.6 Å². The second kappa shape index (κ2) is 5.29. The smallest absolute Gasteiger partial charge is 0.326 e. The van der Waals surface area contributed by atoms with E-state index < -0.39 is 29.1 Å². The minimum Gasteiger partial charge on any atom is -0.468 e. The molecule has 21 heavy (non-hydrogen) atoms. The molecule has 0 aromatic heterocycles. The van der Waals surface area contributed by atoms with Crippen LogP contribution in [0.15, 0.2) is 0 Å². The molecular formula is C14H22N2O5. The lowest BCUT2D eigenvalue weighted by Crippen LogP contribution is -2.66. The summed E-state index contributed by atoms with van der Waals surface area (Å²) in [6.45, 7) is 5.20. The molecule has 1 saturated heterocycles. The van der Waals surface area contributed by atoms with Crippen molar-refractivity contribution >= 4 is 17.8 Å². The van der Waals surface area contributed by atoms with Crippen molar-refractivity contribution in [3.05, 3.63) is 0 Å². The van der Waals surface area contributed by atoms with E-state index in [4.69, 9.17) is 9.47 Å². The lowest BCUT2D eigenvalue weighted by molar-refractivity contribution is -0.164. The molecule has 1 aliphatic carbocycles. The number of nitrogens with one attached hydrogen (secondary N) is 1. The number of carbonyl (C=O) groups is 3. The van der Waals surface area contributed by atoms with Gasteiger partial charge in [0.2, 0.25) is 5.91 Å². The SMILES string of the molecule is COC(=O)C1NCC(=O)N(CC(=O)OC(C)(C)C)C12CC2. The van der Waals surface area contributed by atoms with Crippen molar-refractivity contribution in [1.82, 2.24) is 10.2 Å². The highest BCUT2D eigenvalue weighted by molar-refractivity contribution is 5.89. The normalized spacial score (nSPS) is 23.9. The van der Waals surface area contributed by atoms with Gasteiger partial charge in [-0.3, -0.25) is 19.7 Å². The molecular weight excluding hydrogens is 276 g/mol. The van der Waals surface area contributed by atoms with E-state index >= 15 is 0 Å². The van der Waals surface area contributed by atoms with Gasteiger partial charge in [0.1, 0.15) is 18.2 Å². The molecule has 1 atom stereocenters. The Morgan fingerprint density at radius 3 is 2.48 bits per heavy atom. The van der Waals surface area contributed by atoms with Crippen molar-refractivity contribution in [3.8, 4) is 0 Å². The van der Waals surface area contributed by atoms with E-state index in [1.54, 1.807) is 20.8 Å². The van der Waals surface area contributed by atoms with E-state index in [0.29, 0.717) is 12.8 Å². The van der Waals surface area contributed by atoms with Crippen molar-refractivity contribution in [1.29, 1.82) is 0 Å². The molecule has 7 nitrogen and oxygen atoms in total. The molecule has 0 radical (unpaired) electrons. The predicted octanol–water partition coefficient (Wildman–Crippen LogP) is -0.166. The van der Waals surface area contributed by atoms with Crippen LogP contribution in [0.3, 0.4) is 0 Å². The van der Waals surface area contributed by atoms with Crippen LogP contribution in [0.2, 0.25) is 0 Å². The number of hydrogen-bond acceptors (Lipinski definition) is 6. The van der Waals surface area contributed by atoms with Gasteiger partial charge in [0.25, 0.3) is 0 Å². The molecule has 0 bridgehead atoms. The highest BCUT2D eigenvalue weighted by Gasteiger charge is 2.61. The van der Waals surface area contributed by atoms with Crippen LogP contribution in [-0.4, -0.2) is 60.1 Å². The first kappa shape index (κ1) is 15.8. The van der Waals surface area contributed by atoms with Gasteiger partial charge in [-0.25, -0.2) is 0 Å². The lowest BCUT2D eigenvalue weighted by atomic mass is 10.0. The van der Waals surface area contributed by atoms with Gasteiger partial charge in [-0.2, -0.15) is 0 Å². The first-order chi connectivity index (χ1) is 9.69. The molecule has 1 N–H and O–H groups in total. The van der Waals surface area contributed by atoms with Gasteiger partial charge in [-0.1, -0.05) is 0 Å². The summed E-state index contributed by atoms with van der Waals surface area (Å²) in [5, 5.41) is 2.91. The minimum atomic E-state index is -0.640. The highest BCUT2D eigenvalue weighted by Crippen LogP contribution is 2.46. The largest absolute Gasteiger partial charge is 0.468 e. The summed E-state index contributed by atoms with van der Waals surface area (Å²) in [6, 6.07) is -0.581. The summed E-state index contributed by atoms with van der Waals surface area (Å²) in [5.74, 6) is -1.07. The molecule has 1 amide bonds. The quantitative estimate of drug-likeness (QED) is 0.728. The number of amides is 1. The van der Waals surface area contributed by atoms with Gasteiger partial charge in [-0.05, 0) is 33.6 Å². The summed E-state index contributed by atoms with van der Waals surface area (Å²) in [5.41, 5.74) is -1.24. The van der Waals surface area contributed by atoms with E-state index in [1.165, 1.54) is 12.0 Å². The maximum Gasteiger partial charge on any atom is 0.326 e. The highest BCUT2D eigenvalue weighted by atomic mass is 16.6. The Morgan fingerprint density at radius 2 is 2.00 bits per heavy atom. The van der Waals surface area contributed by atoms with Crippen molar-refractivity contribution in [2.45, 2.75) is 50.8 Å². The summed E-state index contributed by atoms with van der Waals surface area (Å²) < 4.78 is 10.0. The molecule has 7 heteroatoms. The maximum absolute atomic E-state index is 12.1. The zero-order valence-electron chi connectivity index (χ0n) is 12.9. The zero-order chi connectivity index (χ0) is 15.8. The Kier molecular flexibility index (Phi) is 3.97. The molecule has 2 rings (SSSR count). The van der Waals surface area contributed by atoms with E-state index in [9.17, 15) is 14.4 Å². The van der Waals surface area contributed by atoms with Crippen LogP contribution < -0.4 is 5.32 Å². The molecule has 0 aromatic carbocycles. The topological polar surface area (TPSA) is 84.9 Å². The van der Waals surface area contributed by atoms with Crippen molar-refractivity contribution in [2.75, 3.05) is 20.2 Å². The van der Waals surface area contributed by atoms with Crippen molar-refractivity contribution in [2.24, 2.45) is 0 Å². The number of esters is 2. The number of carbonyl (C=O) groups excluding carboxylic acids is 3. The third-order valence-electron chi connectivity index (χ3n) is 3.74. The third-order valence-corrected chi connectivity index (χ3v) is 3.74. The minimum absolute atomic E-state index is 0.0182. The standard InChI is InChI=1S/C14H22N2O5/c1-13(2,3)21-10(18)8-16-9(17)7-15-11(12(19)20-4)14(16)5-6-14/h11,15H,5-8H2,1-4H3. The summed E-state index contributed by atoms with van der Waals surface area (Å²) in [6.07, 6.45) is 1.35. The van der Waals surface area contributed by atoms with Gasteiger partial charge >= 0.3 is 11.9 Å². The second-order valence-electron chi connectivity index (χ2n) is 6.51. The summed E-state index contributed by atoms with van der Waals surface area (Å²) in [7, 11) is 1.31. The van der Waals surface area contributed by atoms with E-state index in [1.807, 2.05) is 0 Å². The Balaban J connectivity index is 2.12. The molecule has 1 aliphatic heterocycles. The fourth-order valence-corrected chi connectivity index (χ4v) is 2.73. The first-order valence-electron chi connectivity index (χ1n) is 7.03. The lowest BCUT2D eigenvalue weighted by Gasteiger charge is -2.40.